The number of halogens is 1. The second-order valence-corrected chi connectivity index (χ2v) is 6.16. The highest BCUT2D eigenvalue weighted by molar-refractivity contribution is 6.20. The minimum atomic E-state index is 0.0936. The van der Waals surface area contributed by atoms with Gasteiger partial charge < -0.3 is 5.32 Å². The van der Waals surface area contributed by atoms with E-state index in [0.717, 1.165) is 24.9 Å². The highest BCUT2D eigenvalue weighted by Gasteiger charge is 2.15. The molecule has 2 nitrogen and oxygen atoms in total. The van der Waals surface area contributed by atoms with E-state index in [1.807, 2.05) is 6.07 Å². The number of alkyl halides is 1. The predicted molar refractivity (Wildman–Crippen MR) is 85.4 cm³/mol. The first-order valence-electron chi connectivity index (χ1n) is 7.77. The molecule has 1 aromatic rings. The molecule has 1 amide bonds. The summed E-state index contributed by atoms with van der Waals surface area (Å²) in [6.07, 6.45) is 8.53. The van der Waals surface area contributed by atoms with Gasteiger partial charge >= 0.3 is 0 Å². The summed E-state index contributed by atoms with van der Waals surface area (Å²) >= 11 is 6.51. The van der Waals surface area contributed by atoms with Crippen LogP contribution in [-0.2, 0) is 11.2 Å². The molecule has 0 saturated carbocycles. The third-order valence-electron chi connectivity index (χ3n) is 3.93. The van der Waals surface area contributed by atoms with Crippen LogP contribution in [0.2, 0.25) is 0 Å². The first-order valence-corrected chi connectivity index (χ1v) is 8.21. The third-order valence-corrected chi connectivity index (χ3v) is 4.40. The van der Waals surface area contributed by atoms with Gasteiger partial charge in [0.05, 0.1) is 5.38 Å². The van der Waals surface area contributed by atoms with Crippen LogP contribution in [0.5, 0.6) is 0 Å². The molecule has 20 heavy (non-hydrogen) atoms. The van der Waals surface area contributed by atoms with Gasteiger partial charge in [-0.05, 0) is 36.5 Å². The Morgan fingerprint density at radius 3 is 2.90 bits per heavy atom. The fraction of sp³-hybridized carbons (Fsp3) is 0.588. The summed E-state index contributed by atoms with van der Waals surface area (Å²) in [5.41, 5.74) is 3.39. The number of benzene rings is 1. The lowest BCUT2D eigenvalue weighted by Gasteiger charge is -2.13. The van der Waals surface area contributed by atoms with Crippen LogP contribution in [0, 0.1) is 0 Å². The molecular weight excluding hydrogens is 270 g/mol. The smallest absolute Gasteiger partial charge is 0.224 e. The monoisotopic (exact) mass is 293 g/mol. The number of hydrogen-bond acceptors (Lipinski definition) is 1. The molecule has 0 aromatic heterocycles. The van der Waals surface area contributed by atoms with Crippen molar-refractivity contribution in [2.75, 3.05) is 5.32 Å². The van der Waals surface area contributed by atoms with Gasteiger partial charge in [-0.1, -0.05) is 44.7 Å². The Balaban J connectivity index is 1.99. The zero-order valence-electron chi connectivity index (χ0n) is 12.3. The molecule has 1 aliphatic rings. The molecule has 0 bridgehead atoms. The second-order valence-electron chi connectivity index (χ2n) is 5.64. The van der Waals surface area contributed by atoms with Crippen LogP contribution < -0.4 is 5.32 Å². The van der Waals surface area contributed by atoms with E-state index in [2.05, 4.69) is 24.4 Å². The van der Waals surface area contributed by atoms with Gasteiger partial charge in [0.1, 0.15) is 0 Å². The van der Waals surface area contributed by atoms with Gasteiger partial charge in [-0.15, -0.1) is 11.6 Å². The molecule has 1 heterocycles. The normalized spacial score (nSPS) is 16.2. The number of carbonyl (C=O) groups excluding carboxylic acids is 1. The highest BCUT2D eigenvalue weighted by atomic mass is 35.5. The first kappa shape index (κ1) is 15.4. The fourth-order valence-electron chi connectivity index (χ4n) is 2.71. The number of fused-ring (bicyclic) bond motifs is 1. The molecule has 3 heteroatoms. The number of unbranched alkanes of at least 4 members (excludes halogenated alkanes) is 3. The van der Waals surface area contributed by atoms with Gasteiger partial charge in [0.15, 0.2) is 0 Å². The van der Waals surface area contributed by atoms with E-state index in [0.29, 0.717) is 6.42 Å². The molecule has 0 fully saturated rings. The Morgan fingerprint density at radius 2 is 2.10 bits per heavy atom. The topological polar surface area (TPSA) is 29.1 Å². The summed E-state index contributed by atoms with van der Waals surface area (Å²) in [5.74, 6) is 0.124. The molecule has 1 aromatic carbocycles. The fourth-order valence-corrected chi connectivity index (χ4v) is 3.00. The van der Waals surface area contributed by atoms with Crippen LogP contribution >= 0.6 is 11.6 Å². The Morgan fingerprint density at radius 1 is 1.25 bits per heavy atom. The van der Waals surface area contributed by atoms with Crippen molar-refractivity contribution in [1.82, 2.24) is 0 Å². The van der Waals surface area contributed by atoms with Gasteiger partial charge in [0, 0.05) is 12.1 Å². The summed E-state index contributed by atoms with van der Waals surface area (Å²) in [4.78, 5) is 11.5. The molecule has 1 N–H and O–H groups in total. The summed E-state index contributed by atoms with van der Waals surface area (Å²) in [7, 11) is 0. The average molecular weight is 294 g/mol. The van der Waals surface area contributed by atoms with Crippen molar-refractivity contribution in [3.63, 3.8) is 0 Å². The van der Waals surface area contributed by atoms with E-state index >= 15 is 0 Å². The lowest BCUT2D eigenvalue weighted by Crippen LogP contribution is -2.09. The van der Waals surface area contributed by atoms with E-state index in [9.17, 15) is 4.79 Å². The molecule has 1 aliphatic heterocycles. The van der Waals surface area contributed by atoms with Gasteiger partial charge in [0.2, 0.25) is 5.91 Å². The Hall–Kier alpha value is -1.02. The van der Waals surface area contributed by atoms with Crippen LogP contribution in [0.15, 0.2) is 18.2 Å². The molecule has 0 spiro atoms. The maximum atomic E-state index is 11.5. The first-order chi connectivity index (χ1) is 9.70. The number of carbonyl (C=O) groups is 1. The Kier molecular flexibility index (Phi) is 5.90. The van der Waals surface area contributed by atoms with Crippen LogP contribution in [-0.4, -0.2) is 5.91 Å². The molecule has 1 atom stereocenters. The lowest BCUT2D eigenvalue weighted by atomic mass is 10.00. The van der Waals surface area contributed by atoms with Gasteiger partial charge in [-0.2, -0.15) is 0 Å². The van der Waals surface area contributed by atoms with Crippen molar-refractivity contribution in [3.8, 4) is 0 Å². The number of rotatable bonds is 6. The second kappa shape index (κ2) is 7.68. The lowest BCUT2D eigenvalue weighted by molar-refractivity contribution is -0.116. The van der Waals surface area contributed by atoms with E-state index < -0.39 is 0 Å². The molecular formula is C17H24ClNO. The van der Waals surface area contributed by atoms with Gasteiger partial charge in [-0.25, -0.2) is 0 Å². The third kappa shape index (κ3) is 4.24. The quantitative estimate of drug-likeness (QED) is 0.566. The van der Waals surface area contributed by atoms with E-state index in [1.165, 1.54) is 36.8 Å². The number of anilines is 1. The van der Waals surface area contributed by atoms with Crippen LogP contribution in [0.3, 0.4) is 0 Å². The standard InChI is InChI=1S/C17H24ClNO/c1-2-3-4-5-8-15(18)13-10-11-16-14(12-13)7-6-9-17(20)19-16/h10-12,15H,2-9H2,1H3,(H,19,20). The maximum Gasteiger partial charge on any atom is 0.224 e. The molecule has 0 saturated heterocycles. The molecule has 110 valence electrons. The van der Waals surface area contributed by atoms with E-state index in [4.69, 9.17) is 11.6 Å². The van der Waals surface area contributed by atoms with Crippen molar-refractivity contribution in [1.29, 1.82) is 0 Å². The van der Waals surface area contributed by atoms with Crippen LogP contribution in [0.4, 0.5) is 5.69 Å². The van der Waals surface area contributed by atoms with Gasteiger partial charge in [0.25, 0.3) is 0 Å². The zero-order chi connectivity index (χ0) is 14.4. The Bertz CT molecular complexity index is 458. The van der Waals surface area contributed by atoms with Crippen molar-refractivity contribution in [2.24, 2.45) is 0 Å². The number of hydrogen-bond donors (Lipinski definition) is 1. The summed E-state index contributed by atoms with van der Waals surface area (Å²) in [6.45, 7) is 2.22. The number of amides is 1. The minimum Gasteiger partial charge on any atom is -0.326 e. The van der Waals surface area contributed by atoms with E-state index in [1.54, 1.807) is 0 Å². The Labute approximate surface area is 126 Å². The molecule has 1 unspecified atom stereocenters. The van der Waals surface area contributed by atoms with Crippen molar-refractivity contribution in [3.05, 3.63) is 29.3 Å². The largest absolute Gasteiger partial charge is 0.326 e. The summed E-state index contributed by atoms with van der Waals surface area (Å²) in [6, 6.07) is 6.25. The van der Waals surface area contributed by atoms with Crippen molar-refractivity contribution < 1.29 is 4.79 Å². The number of aryl methyl sites for hydroxylation is 1. The van der Waals surface area contributed by atoms with Gasteiger partial charge in [-0.3, -0.25) is 4.79 Å². The number of nitrogens with one attached hydrogen (secondary N) is 1. The minimum absolute atomic E-state index is 0.0936. The highest BCUT2D eigenvalue weighted by Crippen LogP contribution is 2.31. The van der Waals surface area contributed by atoms with Crippen LogP contribution in [0.25, 0.3) is 0 Å². The maximum absolute atomic E-state index is 11.5. The molecule has 2 rings (SSSR count). The summed E-state index contributed by atoms with van der Waals surface area (Å²) < 4.78 is 0. The summed E-state index contributed by atoms with van der Waals surface area (Å²) in [5, 5.41) is 3.06. The SMILES string of the molecule is CCCCCCC(Cl)c1ccc2c(c1)CCCC(=O)N2. The molecule has 0 aliphatic carbocycles. The van der Waals surface area contributed by atoms with Crippen molar-refractivity contribution in [2.45, 2.75) is 63.7 Å². The zero-order valence-corrected chi connectivity index (χ0v) is 13.0. The van der Waals surface area contributed by atoms with Crippen LogP contribution in [0.1, 0.15) is 68.4 Å². The molecule has 0 radical (unpaired) electrons. The van der Waals surface area contributed by atoms with E-state index in [-0.39, 0.29) is 11.3 Å². The van der Waals surface area contributed by atoms with Crippen molar-refractivity contribution >= 4 is 23.2 Å². The average Bonchev–Trinajstić information content (AvgIpc) is 2.63. The predicted octanol–water partition coefficient (Wildman–Crippen LogP) is 5.21.